The summed E-state index contributed by atoms with van der Waals surface area (Å²) in [7, 11) is 1.74. The predicted molar refractivity (Wildman–Crippen MR) is 106 cm³/mol. The molecule has 0 bridgehead atoms. The maximum absolute atomic E-state index is 12.1. The first-order valence-corrected chi connectivity index (χ1v) is 9.85. The van der Waals surface area contributed by atoms with Gasteiger partial charge in [-0.25, -0.2) is 4.79 Å². The van der Waals surface area contributed by atoms with Gasteiger partial charge in [0, 0.05) is 51.0 Å². The number of urea groups is 1. The van der Waals surface area contributed by atoms with Crippen LogP contribution >= 0.6 is 0 Å². The number of likely N-dealkylation sites (tertiary alicyclic amines) is 1. The molecule has 1 saturated heterocycles. The molecule has 1 aliphatic rings. The monoisotopic (exact) mass is 375 g/mol. The van der Waals surface area contributed by atoms with Crippen LogP contribution in [0.2, 0.25) is 0 Å². The molecule has 0 aromatic carbocycles. The van der Waals surface area contributed by atoms with Crippen LogP contribution in [-0.2, 0) is 11.2 Å². The minimum atomic E-state index is -0.275. The number of hydrogen-bond donors (Lipinski definition) is 2. The highest BCUT2D eigenvalue weighted by Gasteiger charge is 2.22. The number of nitrogens with one attached hydrogen (secondary N) is 2. The number of amides is 3. The van der Waals surface area contributed by atoms with Gasteiger partial charge in [-0.05, 0) is 51.3 Å². The van der Waals surface area contributed by atoms with Gasteiger partial charge in [0.1, 0.15) is 0 Å². The highest BCUT2D eigenvalue weighted by Crippen LogP contribution is 2.17. The zero-order valence-electron chi connectivity index (χ0n) is 16.8. The Morgan fingerprint density at radius 2 is 2.15 bits per heavy atom. The summed E-state index contributed by atoms with van der Waals surface area (Å²) in [6.45, 7) is 7.81. The van der Waals surface area contributed by atoms with Crippen LogP contribution in [0.15, 0.2) is 24.4 Å². The molecule has 2 rings (SSSR count). The van der Waals surface area contributed by atoms with Crippen molar-refractivity contribution in [3.8, 4) is 0 Å². The van der Waals surface area contributed by atoms with E-state index in [1.165, 1.54) is 6.42 Å². The quantitative estimate of drug-likeness (QED) is 0.722. The summed E-state index contributed by atoms with van der Waals surface area (Å²) in [5, 5.41) is 5.57. The standard InChI is InChI=1S/C20H33N5O2/c1-16(2)25-11-6-7-17(15-25)13-22-20(27)23-14-19(26)24(3)12-9-18-8-4-5-10-21-18/h4-5,8,10,16-17H,6-7,9,11-15H2,1-3H3,(H2,22,23,27). The smallest absolute Gasteiger partial charge is 0.315 e. The van der Waals surface area contributed by atoms with Crippen LogP contribution in [0.5, 0.6) is 0 Å². The molecule has 150 valence electrons. The molecule has 2 heterocycles. The van der Waals surface area contributed by atoms with E-state index in [1.54, 1.807) is 18.1 Å². The molecule has 0 radical (unpaired) electrons. The van der Waals surface area contributed by atoms with Crippen LogP contribution < -0.4 is 10.6 Å². The predicted octanol–water partition coefficient (Wildman–Crippen LogP) is 1.50. The zero-order valence-corrected chi connectivity index (χ0v) is 16.8. The summed E-state index contributed by atoms with van der Waals surface area (Å²) in [6.07, 6.45) is 4.75. The van der Waals surface area contributed by atoms with Gasteiger partial charge >= 0.3 is 6.03 Å². The second-order valence-electron chi connectivity index (χ2n) is 7.55. The zero-order chi connectivity index (χ0) is 19.6. The maximum Gasteiger partial charge on any atom is 0.315 e. The summed E-state index contributed by atoms with van der Waals surface area (Å²) in [5.74, 6) is 0.369. The highest BCUT2D eigenvalue weighted by molar-refractivity contribution is 5.83. The van der Waals surface area contributed by atoms with Crippen molar-refractivity contribution < 1.29 is 9.59 Å². The van der Waals surface area contributed by atoms with Crippen LogP contribution in [0.1, 0.15) is 32.4 Å². The molecule has 1 unspecified atom stereocenters. The van der Waals surface area contributed by atoms with Crippen LogP contribution in [-0.4, -0.2) is 72.5 Å². The van der Waals surface area contributed by atoms with Crippen molar-refractivity contribution in [2.45, 2.75) is 39.2 Å². The van der Waals surface area contributed by atoms with Gasteiger partial charge < -0.3 is 20.4 Å². The number of hydrogen-bond acceptors (Lipinski definition) is 4. The Balaban J connectivity index is 1.62. The first kappa shape index (κ1) is 21.2. The largest absolute Gasteiger partial charge is 0.344 e. The van der Waals surface area contributed by atoms with Crippen molar-refractivity contribution >= 4 is 11.9 Å². The molecule has 0 aliphatic carbocycles. The lowest BCUT2D eigenvalue weighted by molar-refractivity contribution is -0.128. The lowest BCUT2D eigenvalue weighted by Crippen LogP contribution is -2.47. The average Bonchev–Trinajstić information content (AvgIpc) is 2.69. The lowest BCUT2D eigenvalue weighted by Gasteiger charge is -2.35. The maximum atomic E-state index is 12.1. The van der Waals surface area contributed by atoms with Crippen molar-refractivity contribution in [3.63, 3.8) is 0 Å². The van der Waals surface area contributed by atoms with E-state index in [9.17, 15) is 9.59 Å². The molecule has 3 amide bonds. The fourth-order valence-electron chi connectivity index (χ4n) is 3.28. The third kappa shape index (κ3) is 7.54. The second-order valence-corrected chi connectivity index (χ2v) is 7.55. The molecular formula is C20H33N5O2. The highest BCUT2D eigenvalue weighted by atomic mass is 16.2. The van der Waals surface area contributed by atoms with Gasteiger partial charge in [-0.1, -0.05) is 6.07 Å². The van der Waals surface area contributed by atoms with Crippen molar-refractivity contribution in [2.75, 3.05) is 39.8 Å². The Labute approximate surface area is 162 Å². The van der Waals surface area contributed by atoms with E-state index in [0.29, 0.717) is 31.5 Å². The molecule has 2 N–H and O–H groups in total. The SMILES string of the molecule is CC(C)N1CCCC(CNC(=O)NCC(=O)N(C)CCc2ccccn2)C1. The number of carbonyl (C=O) groups is 2. The van der Waals surface area contributed by atoms with Crippen LogP contribution in [0, 0.1) is 5.92 Å². The second kappa shape index (κ2) is 10.9. The van der Waals surface area contributed by atoms with Gasteiger partial charge in [0.25, 0.3) is 0 Å². The first-order chi connectivity index (χ1) is 13.0. The molecule has 1 fully saturated rings. The number of carbonyl (C=O) groups excluding carboxylic acids is 2. The fraction of sp³-hybridized carbons (Fsp3) is 0.650. The van der Waals surface area contributed by atoms with Crippen molar-refractivity contribution in [1.29, 1.82) is 0 Å². The molecule has 0 spiro atoms. The van der Waals surface area contributed by atoms with Crippen molar-refractivity contribution in [2.24, 2.45) is 5.92 Å². The first-order valence-electron chi connectivity index (χ1n) is 9.85. The normalized spacial score (nSPS) is 17.6. The molecule has 1 aromatic rings. The molecular weight excluding hydrogens is 342 g/mol. The Bertz CT molecular complexity index is 593. The Kier molecular flexibility index (Phi) is 8.51. The third-order valence-electron chi connectivity index (χ3n) is 5.09. The summed E-state index contributed by atoms with van der Waals surface area (Å²) in [6, 6.07) is 6.01. The topological polar surface area (TPSA) is 77.6 Å². The molecule has 1 aliphatic heterocycles. The average molecular weight is 376 g/mol. The summed E-state index contributed by atoms with van der Waals surface area (Å²) in [4.78, 5) is 32.5. The van der Waals surface area contributed by atoms with E-state index in [4.69, 9.17) is 0 Å². The number of aromatic nitrogens is 1. The van der Waals surface area contributed by atoms with Gasteiger partial charge in [0.05, 0.1) is 6.54 Å². The Morgan fingerprint density at radius 3 is 2.85 bits per heavy atom. The van der Waals surface area contributed by atoms with E-state index in [2.05, 4.69) is 34.4 Å². The van der Waals surface area contributed by atoms with E-state index in [0.717, 1.165) is 25.2 Å². The van der Waals surface area contributed by atoms with E-state index in [1.807, 2.05) is 18.2 Å². The molecule has 27 heavy (non-hydrogen) atoms. The molecule has 7 heteroatoms. The molecule has 1 aromatic heterocycles. The van der Waals surface area contributed by atoms with Crippen molar-refractivity contribution in [1.82, 2.24) is 25.4 Å². The molecule has 0 saturated carbocycles. The number of piperidine rings is 1. The van der Waals surface area contributed by atoms with E-state index in [-0.39, 0.29) is 18.5 Å². The summed E-state index contributed by atoms with van der Waals surface area (Å²) in [5.41, 5.74) is 0.950. The summed E-state index contributed by atoms with van der Waals surface area (Å²) < 4.78 is 0. The number of nitrogens with zero attached hydrogens (tertiary/aromatic N) is 3. The van der Waals surface area contributed by atoms with Crippen LogP contribution in [0.3, 0.4) is 0 Å². The van der Waals surface area contributed by atoms with Gasteiger partial charge in [-0.15, -0.1) is 0 Å². The van der Waals surface area contributed by atoms with E-state index < -0.39 is 0 Å². The number of rotatable bonds is 8. The van der Waals surface area contributed by atoms with Gasteiger partial charge in [-0.3, -0.25) is 9.78 Å². The lowest BCUT2D eigenvalue weighted by atomic mass is 9.97. The number of likely N-dealkylation sites (N-methyl/N-ethyl adjacent to an activating group) is 1. The fourth-order valence-corrected chi connectivity index (χ4v) is 3.28. The number of pyridine rings is 1. The van der Waals surface area contributed by atoms with Crippen LogP contribution in [0.25, 0.3) is 0 Å². The molecule has 1 atom stereocenters. The van der Waals surface area contributed by atoms with Gasteiger partial charge in [0.15, 0.2) is 0 Å². The van der Waals surface area contributed by atoms with Crippen LogP contribution in [0.4, 0.5) is 4.79 Å². The van der Waals surface area contributed by atoms with E-state index >= 15 is 0 Å². The Morgan fingerprint density at radius 1 is 1.33 bits per heavy atom. The van der Waals surface area contributed by atoms with Gasteiger partial charge in [-0.2, -0.15) is 0 Å². The van der Waals surface area contributed by atoms with Gasteiger partial charge in [0.2, 0.25) is 5.91 Å². The molecule has 7 nitrogen and oxygen atoms in total. The Hall–Kier alpha value is -2.15. The minimum absolute atomic E-state index is 0.00728. The minimum Gasteiger partial charge on any atom is -0.344 e. The third-order valence-corrected chi connectivity index (χ3v) is 5.09. The summed E-state index contributed by atoms with van der Waals surface area (Å²) >= 11 is 0. The van der Waals surface area contributed by atoms with Crippen molar-refractivity contribution in [3.05, 3.63) is 30.1 Å².